The minimum Gasteiger partial charge on any atom is -0.356 e. The quantitative estimate of drug-likeness (QED) is 0.264. The number of hydrogen-bond donors (Lipinski definition) is 2. The Labute approximate surface area is 216 Å². The molecular weight excluding hydrogens is 514 g/mol. The largest absolute Gasteiger partial charge is 0.416 e. The van der Waals surface area contributed by atoms with E-state index >= 15 is 0 Å². The molecule has 1 aliphatic rings. The molecule has 37 heavy (non-hydrogen) atoms. The Bertz CT molecular complexity index is 1140. The van der Waals surface area contributed by atoms with Crippen molar-refractivity contribution in [2.75, 3.05) is 13.1 Å². The summed E-state index contributed by atoms with van der Waals surface area (Å²) in [6.45, 7) is 7.78. The summed E-state index contributed by atoms with van der Waals surface area (Å²) in [5, 5.41) is 8.75. The molecule has 1 aliphatic heterocycles. The molecule has 0 atom stereocenters. The Morgan fingerprint density at radius 2 is 1.73 bits per heavy atom. The van der Waals surface area contributed by atoms with E-state index < -0.39 is 23.5 Å². The second kappa shape index (κ2) is 12.1. The smallest absolute Gasteiger partial charge is 0.356 e. The van der Waals surface area contributed by atoms with E-state index in [9.17, 15) is 26.3 Å². The van der Waals surface area contributed by atoms with Gasteiger partial charge in [-0.05, 0) is 63.0 Å². The molecule has 0 amide bonds. The summed E-state index contributed by atoms with van der Waals surface area (Å²) in [6, 6.07) is 1.54. The lowest BCUT2D eigenvalue weighted by atomic mass is 10.0. The van der Waals surface area contributed by atoms with Crippen LogP contribution in [0.25, 0.3) is 11.3 Å². The molecule has 0 saturated carbocycles. The van der Waals surface area contributed by atoms with E-state index in [2.05, 4.69) is 40.5 Å². The van der Waals surface area contributed by atoms with Crippen LogP contribution in [-0.2, 0) is 18.8 Å². The molecule has 1 aromatic heterocycles. The summed E-state index contributed by atoms with van der Waals surface area (Å²) in [5.74, 6) is 0.740. The zero-order valence-corrected chi connectivity index (χ0v) is 21.7. The molecule has 0 aliphatic carbocycles. The molecule has 2 heterocycles. The fourth-order valence-corrected chi connectivity index (χ4v) is 4.61. The highest BCUT2D eigenvalue weighted by Gasteiger charge is 2.37. The van der Waals surface area contributed by atoms with Crippen LogP contribution in [-0.4, -0.2) is 24.0 Å². The van der Waals surface area contributed by atoms with Gasteiger partial charge in [-0.3, -0.25) is 4.99 Å². The minimum atomic E-state index is -4.90. The number of guanidine groups is 1. The molecule has 2 aromatic rings. The van der Waals surface area contributed by atoms with Gasteiger partial charge in [0.25, 0.3) is 0 Å². The third-order valence-electron chi connectivity index (χ3n) is 5.79. The summed E-state index contributed by atoms with van der Waals surface area (Å²) >= 11 is 1.22. The highest BCUT2D eigenvalue weighted by molar-refractivity contribution is 7.09. The van der Waals surface area contributed by atoms with Gasteiger partial charge in [0.2, 0.25) is 0 Å². The van der Waals surface area contributed by atoms with E-state index in [1.54, 1.807) is 0 Å². The molecule has 0 unspecified atom stereocenters. The van der Waals surface area contributed by atoms with Crippen LogP contribution in [0.4, 0.5) is 26.3 Å². The molecule has 2 N–H and O–H groups in total. The number of rotatable bonds is 8. The predicted octanol–water partition coefficient (Wildman–Crippen LogP) is 7.74. The van der Waals surface area contributed by atoms with Gasteiger partial charge < -0.3 is 10.6 Å². The van der Waals surface area contributed by atoms with E-state index in [0.29, 0.717) is 30.0 Å². The molecule has 0 fully saturated rings. The number of aryl methyl sites for hydroxylation is 1. The number of nitrogens with one attached hydrogen (secondary N) is 2. The van der Waals surface area contributed by atoms with Crippen molar-refractivity contribution in [1.82, 2.24) is 15.6 Å². The van der Waals surface area contributed by atoms with Gasteiger partial charge in [-0.25, -0.2) is 4.98 Å². The summed E-state index contributed by atoms with van der Waals surface area (Å²) in [6.07, 6.45) is -3.69. The Morgan fingerprint density at radius 1 is 1.05 bits per heavy atom. The molecule has 3 rings (SSSR count). The summed E-state index contributed by atoms with van der Waals surface area (Å²) in [5.41, 5.74) is 0.413. The first-order valence-electron chi connectivity index (χ1n) is 12.0. The number of halogens is 6. The lowest BCUT2D eigenvalue weighted by Crippen LogP contribution is -2.40. The van der Waals surface area contributed by atoms with Crippen molar-refractivity contribution < 1.29 is 26.3 Å². The van der Waals surface area contributed by atoms with Gasteiger partial charge in [0.1, 0.15) is 0 Å². The number of aromatic nitrogens is 1. The Morgan fingerprint density at radius 3 is 2.30 bits per heavy atom. The van der Waals surface area contributed by atoms with Crippen LogP contribution >= 0.6 is 11.3 Å². The van der Waals surface area contributed by atoms with Gasteiger partial charge >= 0.3 is 12.4 Å². The van der Waals surface area contributed by atoms with E-state index in [-0.39, 0.29) is 17.3 Å². The van der Waals surface area contributed by atoms with Gasteiger partial charge in [-0.2, -0.15) is 26.3 Å². The van der Waals surface area contributed by atoms with Crippen LogP contribution in [0.2, 0.25) is 0 Å². The van der Waals surface area contributed by atoms with E-state index in [1.807, 2.05) is 6.92 Å². The standard InChI is InChI=1S/C26H30F6N4S/c1-4-6-17(3)21(36-24-33-9-5-10-34-24)11-16(2)7-8-23-35-22(15-37-23)18-12-19(25(27,28)29)14-20(13-18)26(30,31)32/h11-15H,4-10H2,1-3H3,(H2,33,34,36)/b16-11-,21-17+. The maximum Gasteiger partial charge on any atom is 0.416 e. The summed E-state index contributed by atoms with van der Waals surface area (Å²) < 4.78 is 79.3. The van der Waals surface area contributed by atoms with E-state index in [0.717, 1.165) is 49.6 Å². The fraction of sp³-hybridized carbons (Fsp3) is 0.462. The van der Waals surface area contributed by atoms with Crippen molar-refractivity contribution in [2.45, 2.75) is 65.2 Å². The summed E-state index contributed by atoms with van der Waals surface area (Å²) in [7, 11) is 0. The number of hydrogen-bond acceptors (Lipinski definition) is 5. The molecule has 0 bridgehead atoms. The first-order valence-corrected chi connectivity index (χ1v) is 12.9. The van der Waals surface area contributed by atoms with Crippen LogP contribution in [0, 0.1) is 0 Å². The molecule has 11 heteroatoms. The maximum atomic E-state index is 13.2. The molecule has 0 saturated heterocycles. The van der Waals surface area contributed by atoms with Gasteiger partial charge in [-0.15, -0.1) is 11.3 Å². The average Bonchev–Trinajstić information content (AvgIpc) is 3.31. The third kappa shape index (κ3) is 8.34. The van der Waals surface area contributed by atoms with Gasteiger partial charge in [-0.1, -0.05) is 18.9 Å². The number of nitrogens with zero attached hydrogens (tertiary/aromatic N) is 2. The van der Waals surface area contributed by atoms with Crippen molar-refractivity contribution in [3.05, 3.63) is 62.6 Å². The fourth-order valence-electron chi connectivity index (χ4n) is 3.80. The lowest BCUT2D eigenvalue weighted by molar-refractivity contribution is -0.143. The maximum absolute atomic E-state index is 13.2. The van der Waals surface area contributed by atoms with Crippen molar-refractivity contribution in [2.24, 2.45) is 4.99 Å². The molecule has 4 nitrogen and oxygen atoms in total. The van der Waals surface area contributed by atoms with Crippen LogP contribution < -0.4 is 10.6 Å². The van der Waals surface area contributed by atoms with Gasteiger partial charge in [0.15, 0.2) is 5.96 Å². The van der Waals surface area contributed by atoms with Crippen molar-refractivity contribution in [3.63, 3.8) is 0 Å². The topological polar surface area (TPSA) is 49.3 Å². The first kappa shape index (κ1) is 28.7. The minimum absolute atomic E-state index is 0.0978. The highest BCUT2D eigenvalue weighted by Crippen LogP contribution is 2.38. The third-order valence-corrected chi connectivity index (χ3v) is 6.70. The number of benzene rings is 1. The van der Waals surface area contributed by atoms with Crippen molar-refractivity contribution in [3.8, 4) is 11.3 Å². The number of aliphatic imine (C=N–C) groups is 1. The second-order valence-electron chi connectivity index (χ2n) is 8.99. The van der Waals surface area contributed by atoms with Crippen molar-refractivity contribution in [1.29, 1.82) is 0 Å². The Balaban J connectivity index is 1.77. The number of alkyl halides is 6. The Hall–Kier alpha value is -2.82. The van der Waals surface area contributed by atoms with Crippen LogP contribution in [0.15, 0.2) is 51.5 Å². The van der Waals surface area contributed by atoms with Crippen LogP contribution in [0.1, 0.15) is 62.6 Å². The van der Waals surface area contributed by atoms with Gasteiger partial charge in [0, 0.05) is 36.2 Å². The normalized spacial score (nSPS) is 15.7. The molecule has 1 aromatic carbocycles. The average molecular weight is 545 g/mol. The monoisotopic (exact) mass is 544 g/mol. The van der Waals surface area contributed by atoms with Gasteiger partial charge in [0.05, 0.1) is 21.8 Å². The van der Waals surface area contributed by atoms with E-state index in [1.165, 1.54) is 22.3 Å². The first-order chi connectivity index (χ1) is 17.4. The highest BCUT2D eigenvalue weighted by atomic mass is 32.1. The molecule has 202 valence electrons. The zero-order valence-electron chi connectivity index (χ0n) is 20.9. The van der Waals surface area contributed by atoms with Crippen molar-refractivity contribution >= 4 is 17.3 Å². The molecular formula is C26H30F6N4S. The van der Waals surface area contributed by atoms with E-state index in [4.69, 9.17) is 0 Å². The number of allylic oxidation sites excluding steroid dienone is 3. The lowest BCUT2D eigenvalue weighted by Gasteiger charge is -2.19. The Kier molecular flexibility index (Phi) is 9.44. The SMILES string of the molecule is CCC/C(C)=C(\C=C(\C)CCc1nc(-c2cc(C(F)(F)F)cc(C(F)(F)F)c2)cs1)NC1=NCCCN1. The second-order valence-corrected chi connectivity index (χ2v) is 9.93. The zero-order chi connectivity index (χ0) is 27.2. The number of thiazole rings is 1. The van der Waals surface area contributed by atoms with Crippen LogP contribution in [0.3, 0.4) is 0 Å². The molecule has 0 radical (unpaired) electrons. The van der Waals surface area contributed by atoms with Crippen LogP contribution in [0.5, 0.6) is 0 Å². The molecule has 0 spiro atoms. The summed E-state index contributed by atoms with van der Waals surface area (Å²) in [4.78, 5) is 8.80. The predicted molar refractivity (Wildman–Crippen MR) is 135 cm³/mol.